The fourth-order valence-corrected chi connectivity index (χ4v) is 2.09. The highest BCUT2D eigenvalue weighted by molar-refractivity contribution is 7.98. The van der Waals surface area contributed by atoms with Gasteiger partial charge in [0.1, 0.15) is 5.69 Å². The number of hydrogen-bond acceptors (Lipinski definition) is 4. The molecule has 0 aliphatic carbocycles. The van der Waals surface area contributed by atoms with E-state index in [1.807, 2.05) is 6.26 Å². The highest BCUT2D eigenvalue weighted by atomic mass is 35.5. The van der Waals surface area contributed by atoms with Gasteiger partial charge in [0.15, 0.2) is 0 Å². The quantitative estimate of drug-likeness (QED) is 0.827. The van der Waals surface area contributed by atoms with Crippen LogP contribution in [0.5, 0.6) is 0 Å². The van der Waals surface area contributed by atoms with E-state index in [4.69, 9.17) is 16.7 Å². The summed E-state index contributed by atoms with van der Waals surface area (Å²) in [4.78, 5) is 15.7. The molecule has 0 saturated heterocycles. The first-order chi connectivity index (χ1) is 8.17. The number of aliphatic hydroxyl groups excluding tert-OH is 1. The summed E-state index contributed by atoms with van der Waals surface area (Å²) in [6.45, 7) is 0.0551. The Morgan fingerprint density at radius 3 is 2.94 bits per heavy atom. The van der Waals surface area contributed by atoms with Crippen LogP contribution < -0.4 is 5.32 Å². The van der Waals surface area contributed by atoms with Crippen molar-refractivity contribution in [1.29, 1.82) is 0 Å². The Hall–Kier alpha value is -0.780. The number of pyridine rings is 1. The number of aliphatic hydroxyl groups is 1. The predicted octanol–water partition coefficient (Wildman–Crippen LogP) is 1.58. The largest absolute Gasteiger partial charge is 0.396 e. The first-order valence-electron chi connectivity index (χ1n) is 5.19. The van der Waals surface area contributed by atoms with Crippen LogP contribution in [0.3, 0.4) is 0 Å². The summed E-state index contributed by atoms with van der Waals surface area (Å²) in [5.41, 5.74) is 0.332. The van der Waals surface area contributed by atoms with Gasteiger partial charge in [-0.15, -0.1) is 0 Å². The Morgan fingerprint density at radius 1 is 1.65 bits per heavy atom. The summed E-state index contributed by atoms with van der Waals surface area (Å²) in [7, 11) is 0. The molecular weight excluding hydrogens is 260 g/mol. The van der Waals surface area contributed by atoms with Crippen molar-refractivity contribution in [3.63, 3.8) is 0 Å². The smallest absolute Gasteiger partial charge is 0.270 e. The van der Waals surface area contributed by atoms with Crippen LogP contribution in [0.15, 0.2) is 18.3 Å². The summed E-state index contributed by atoms with van der Waals surface area (Å²) < 4.78 is 0. The molecular formula is C11H15ClN2O2S. The molecule has 0 spiro atoms. The number of hydrogen-bond donors (Lipinski definition) is 2. The second-order valence-corrected chi connectivity index (χ2v) is 4.85. The number of halogens is 1. The zero-order chi connectivity index (χ0) is 12.7. The van der Waals surface area contributed by atoms with Crippen LogP contribution in [0.2, 0.25) is 5.02 Å². The fourth-order valence-electron chi connectivity index (χ4n) is 1.32. The Bertz CT molecular complexity index is 353. The van der Waals surface area contributed by atoms with Gasteiger partial charge in [-0.25, -0.2) is 4.98 Å². The summed E-state index contributed by atoms with van der Waals surface area (Å²) in [5.74, 6) is 0.522. The molecule has 2 N–H and O–H groups in total. The lowest BCUT2D eigenvalue weighted by molar-refractivity contribution is 0.0930. The monoisotopic (exact) mass is 274 g/mol. The lowest BCUT2D eigenvalue weighted by Gasteiger charge is -2.16. The Balaban J connectivity index is 2.60. The topological polar surface area (TPSA) is 62.2 Å². The molecule has 17 heavy (non-hydrogen) atoms. The van der Waals surface area contributed by atoms with Gasteiger partial charge in [0.05, 0.1) is 5.02 Å². The number of nitrogens with one attached hydrogen (secondary N) is 1. The summed E-state index contributed by atoms with van der Waals surface area (Å²) >= 11 is 7.31. The number of carbonyl (C=O) groups excluding carboxylic acids is 1. The Labute approximate surface area is 110 Å². The molecule has 1 aromatic rings. The summed E-state index contributed by atoms with van der Waals surface area (Å²) in [6, 6.07) is 3.16. The van der Waals surface area contributed by atoms with E-state index in [2.05, 4.69) is 10.3 Å². The summed E-state index contributed by atoms with van der Waals surface area (Å²) in [5, 5.41) is 12.2. The Kier molecular flexibility index (Phi) is 6.32. The normalized spacial score (nSPS) is 12.2. The molecule has 1 rings (SSSR count). The fraction of sp³-hybridized carbons (Fsp3) is 0.455. The van der Waals surface area contributed by atoms with E-state index in [-0.39, 0.29) is 18.6 Å². The maximum Gasteiger partial charge on any atom is 0.270 e. The minimum atomic E-state index is -0.242. The van der Waals surface area contributed by atoms with Gasteiger partial charge < -0.3 is 10.4 Å². The van der Waals surface area contributed by atoms with Gasteiger partial charge in [-0.3, -0.25) is 4.79 Å². The van der Waals surface area contributed by atoms with Crippen LogP contribution in [0, 0.1) is 0 Å². The van der Waals surface area contributed by atoms with Gasteiger partial charge in [-0.05, 0) is 24.8 Å². The van der Waals surface area contributed by atoms with Gasteiger partial charge in [0.2, 0.25) is 0 Å². The van der Waals surface area contributed by atoms with E-state index >= 15 is 0 Å². The maximum atomic E-state index is 11.8. The molecule has 0 aliphatic rings. The molecule has 0 aliphatic heterocycles. The predicted molar refractivity (Wildman–Crippen MR) is 70.6 cm³/mol. The van der Waals surface area contributed by atoms with Crippen molar-refractivity contribution in [1.82, 2.24) is 10.3 Å². The van der Waals surface area contributed by atoms with E-state index in [1.54, 1.807) is 23.9 Å². The maximum absolute atomic E-state index is 11.8. The van der Waals surface area contributed by atoms with Crippen molar-refractivity contribution in [3.8, 4) is 0 Å². The summed E-state index contributed by atoms with van der Waals surface area (Å²) in [6.07, 6.45) is 3.93. The third-order valence-electron chi connectivity index (χ3n) is 2.14. The highest BCUT2D eigenvalue weighted by Gasteiger charge is 2.13. The van der Waals surface area contributed by atoms with E-state index in [0.717, 1.165) is 5.75 Å². The van der Waals surface area contributed by atoms with Crippen molar-refractivity contribution in [2.45, 2.75) is 12.5 Å². The first-order valence-corrected chi connectivity index (χ1v) is 6.96. The van der Waals surface area contributed by atoms with Crippen molar-refractivity contribution < 1.29 is 9.90 Å². The molecule has 0 aromatic carbocycles. The molecule has 4 nitrogen and oxygen atoms in total. The van der Waals surface area contributed by atoms with Crippen molar-refractivity contribution in [2.75, 3.05) is 18.6 Å². The molecule has 1 heterocycles. The molecule has 94 valence electrons. The average molecular weight is 275 g/mol. The Morgan fingerprint density at radius 2 is 2.41 bits per heavy atom. The zero-order valence-electron chi connectivity index (χ0n) is 9.52. The van der Waals surface area contributed by atoms with E-state index in [9.17, 15) is 4.79 Å². The number of nitrogens with zero attached hydrogens (tertiary/aromatic N) is 1. The molecule has 0 bridgehead atoms. The zero-order valence-corrected chi connectivity index (χ0v) is 11.1. The van der Waals surface area contributed by atoms with Crippen LogP contribution >= 0.6 is 23.4 Å². The molecule has 1 aromatic heterocycles. The molecule has 1 atom stereocenters. The number of carbonyl (C=O) groups is 1. The number of rotatable bonds is 6. The van der Waals surface area contributed by atoms with Crippen LogP contribution in [0.4, 0.5) is 0 Å². The first kappa shape index (κ1) is 14.3. The van der Waals surface area contributed by atoms with E-state index in [1.165, 1.54) is 6.20 Å². The van der Waals surface area contributed by atoms with E-state index in [0.29, 0.717) is 17.1 Å². The van der Waals surface area contributed by atoms with Gasteiger partial charge in [-0.1, -0.05) is 11.6 Å². The second-order valence-electron chi connectivity index (χ2n) is 3.50. The second kappa shape index (κ2) is 7.53. The standard InChI is InChI=1S/C11H15ClN2O2S/c1-17-7-9(4-5-15)14-11(16)10-3-2-8(12)6-13-10/h2-3,6,9,15H,4-5,7H2,1H3,(H,14,16). The third kappa shape index (κ3) is 4.93. The average Bonchev–Trinajstić information content (AvgIpc) is 2.30. The highest BCUT2D eigenvalue weighted by Crippen LogP contribution is 2.07. The number of thioether (sulfide) groups is 1. The van der Waals surface area contributed by atoms with Crippen LogP contribution in [0.1, 0.15) is 16.9 Å². The minimum absolute atomic E-state index is 0.0417. The van der Waals surface area contributed by atoms with Crippen LogP contribution in [-0.2, 0) is 0 Å². The lowest BCUT2D eigenvalue weighted by Crippen LogP contribution is -2.37. The van der Waals surface area contributed by atoms with Gasteiger partial charge in [-0.2, -0.15) is 11.8 Å². The minimum Gasteiger partial charge on any atom is -0.396 e. The van der Waals surface area contributed by atoms with Crippen LogP contribution in [0.25, 0.3) is 0 Å². The van der Waals surface area contributed by atoms with Gasteiger partial charge >= 0.3 is 0 Å². The third-order valence-corrected chi connectivity index (χ3v) is 3.10. The molecule has 0 radical (unpaired) electrons. The van der Waals surface area contributed by atoms with Crippen molar-refractivity contribution in [2.24, 2.45) is 0 Å². The molecule has 1 amide bonds. The molecule has 0 saturated carbocycles. The van der Waals surface area contributed by atoms with E-state index < -0.39 is 0 Å². The van der Waals surface area contributed by atoms with Crippen LogP contribution in [-0.4, -0.2) is 40.7 Å². The molecule has 6 heteroatoms. The molecule has 0 fully saturated rings. The van der Waals surface area contributed by atoms with Gasteiger partial charge in [0, 0.05) is 24.6 Å². The van der Waals surface area contributed by atoms with Crippen molar-refractivity contribution >= 4 is 29.3 Å². The SMILES string of the molecule is CSCC(CCO)NC(=O)c1ccc(Cl)cn1. The van der Waals surface area contributed by atoms with Gasteiger partial charge in [0.25, 0.3) is 5.91 Å². The van der Waals surface area contributed by atoms with Crippen molar-refractivity contribution in [3.05, 3.63) is 29.0 Å². The number of amides is 1. The number of aromatic nitrogens is 1. The lowest BCUT2D eigenvalue weighted by atomic mass is 10.2. The molecule has 1 unspecified atom stereocenters.